The van der Waals surface area contributed by atoms with E-state index in [1.165, 1.54) is 41.3 Å². The topological polar surface area (TPSA) is 106 Å². The van der Waals surface area contributed by atoms with Crippen molar-refractivity contribution in [2.75, 3.05) is 10.6 Å². The zero-order valence-corrected chi connectivity index (χ0v) is 14.6. The van der Waals surface area contributed by atoms with E-state index in [2.05, 4.69) is 0 Å². The summed E-state index contributed by atoms with van der Waals surface area (Å²) in [5.41, 5.74) is 12.7. The Morgan fingerprint density at radius 2 is 1.19 bits per heavy atom. The minimum Gasteiger partial charge on any atom is -0.399 e. The van der Waals surface area contributed by atoms with Gasteiger partial charge >= 0.3 is 6.03 Å². The van der Waals surface area contributed by atoms with Crippen LogP contribution in [0.2, 0.25) is 0 Å². The number of nitrogens with two attached hydrogens (primary N) is 2. The van der Waals surface area contributed by atoms with Crippen molar-refractivity contribution >= 4 is 32.9 Å². The smallest absolute Gasteiger partial charge is 0.323 e. The van der Waals surface area contributed by atoms with Crippen molar-refractivity contribution in [1.29, 1.82) is 0 Å². The molecule has 0 bridgehead atoms. The van der Waals surface area contributed by atoms with E-state index in [0.717, 1.165) is 0 Å². The van der Waals surface area contributed by atoms with Crippen molar-refractivity contribution < 1.29 is 13.2 Å². The van der Waals surface area contributed by atoms with Crippen molar-refractivity contribution in [3.05, 3.63) is 78.9 Å². The van der Waals surface area contributed by atoms with Gasteiger partial charge in [-0.1, -0.05) is 18.2 Å². The normalized spacial score (nSPS) is 11.1. The van der Waals surface area contributed by atoms with Gasteiger partial charge in [-0.05, 0) is 60.7 Å². The molecular formula is C19H17N3O3S. The molecule has 0 unspecified atom stereocenters. The van der Waals surface area contributed by atoms with Gasteiger partial charge in [-0.15, -0.1) is 0 Å². The number of hydrogen-bond donors (Lipinski definition) is 2. The van der Waals surface area contributed by atoms with Gasteiger partial charge in [0.05, 0.1) is 21.2 Å². The first kappa shape index (κ1) is 17.5. The molecule has 0 aliphatic carbocycles. The third kappa shape index (κ3) is 3.38. The molecule has 2 amide bonds. The molecular weight excluding hydrogens is 350 g/mol. The summed E-state index contributed by atoms with van der Waals surface area (Å²) in [4.78, 5) is 13.5. The molecule has 132 valence electrons. The number of carbonyl (C=O) groups excluding carboxylic acids is 1. The second-order valence-electron chi connectivity index (χ2n) is 5.58. The van der Waals surface area contributed by atoms with E-state index in [0.29, 0.717) is 17.1 Å². The minimum absolute atomic E-state index is 0.133. The van der Waals surface area contributed by atoms with E-state index >= 15 is 0 Å². The standard InChI is InChI=1S/C19H17N3O3S/c20-14-6-8-15(9-7-14)22(19(21)23)16-10-12-18(13-11-16)26(24,25)17-4-2-1-3-5-17/h1-13H,20H2,(H2,21,23). The maximum absolute atomic E-state index is 12.6. The molecule has 0 atom stereocenters. The number of primary amides is 1. The van der Waals surface area contributed by atoms with Crippen LogP contribution in [0, 0.1) is 0 Å². The lowest BCUT2D eigenvalue weighted by atomic mass is 10.2. The molecule has 0 aliphatic heterocycles. The molecule has 0 saturated carbocycles. The van der Waals surface area contributed by atoms with Gasteiger partial charge in [-0.25, -0.2) is 13.2 Å². The lowest BCUT2D eigenvalue weighted by Crippen LogP contribution is -2.31. The summed E-state index contributed by atoms with van der Waals surface area (Å²) >= 11 is 0. The predicted octanol–water partition coefficient (Wildman–Crippen LogP) is 3.32. The largest absolute Gasteiger partial charge is 0.399 e. The molecule has 4 N–H and O–H groups in total. The van der Waals surface area contributed by atoms with Gasteiger partial charge in [0.15, 0.2) is 0 Å². The van der Waals surface area contributed by atoms with Crippen LogP contribution >= 0.6 is 0 Å². The molecule has 3 aromatic rings. The highest BCUT2D eigenvalue weighted by Crippen LogP contribution is 2.28. The van der Waals surface area contributed by atoms with E-state index in [-0.39, 0.29) is 9.79 Å². The summed E-state index contributed by atoms with van der Waals surface area (Å²) in [6.07, 6.45) is 0. The van der Waals surface area contributed by atoms with Crippen LogP contribution < -0.4 is 16.4 Å². The van der Waals surface area contributed by atoms with E-state index < -0.39 is 15.9 Å². The third-order valence-electron chi connectivity index (χ3n) is 3.83. The van der Waals surface area contributed by atoms with E-state index in [9.17, 15) is 13.2 Å². The van der Waals surface area contributed by atoms with E-state index in [1.54, 1.807) is 42.5 Å². The molecule has 7 heteroatoms. The third-order valence-corrected chi connectivity index (χ3v) is 5.62. The van der Waals surface area contributed by atoms with Crippen LogP contribution in [0.3, 0.4) is 0 Å². The summed E-state index contributed by atoms with van der Waals surface area (Å²) in [6.45, 7) is 0. The highest BCUT2D eigenvalue weighted by Gasteiger charge is 2.19. The Morgan fingerprint density at radius 1 is 0.731 bits per heavy atom. The average molecular weight is 367 g/mol. The first-order valence-corrected chi connectivity index (χ1v) is 9.23. The predicted molar refractivity (Wildman–Crippen MR) is 101 cm³/mol. The Kier molecular flexibility index (Phi) is 4.64. The van der Waals surface area contributed by atoms with Gasteiger partial charge in [0.2, 0.25) is 9.84 Å². The quantitative estimate of drug-likeness (QED) is 0.690. The molecule has 0 heterocycles. The Morgan fingerprint density at radius 3 is 1.69 bits per heavy atom. The van der Waals surface area contributed by atoms with Crippen molar-refractivity contribution in [1.82, 2.24) is 0 Å². The molecule has 0 saturated heterocycles. The molecule has 3 rings (SSSR count). The summed E-state index contributed by atoms with van der Waals surface area (Å²) in [7, 11) is -3.62. The second kappa shape index (κ2) is 6.89. The zero-order chi connectivity index (χ0) is 18.7. The lowest BCUT2D eigenvalue weighted by molar-refractivity contribution is 0.256. The van der Waals surface area contributed by atoms with E-state index in [4.69, 9.17) is 11.5 Å². The first-order valence-electron chi connectivity index (χ1n) is 7.75. The summed E-state index contributed by atoms with van der Waals surface area (Å²) in [5.74, 6) is 0. The molecule has 26 heavy (non-hydrogen) atoms. The fourth-order valence-corrected chi connectivity index (χ4v) is 3.82. The summed E-state index contributed by atoms with van der Waals surface area (Å²) < 4.78 is 25.3. The maximum atomic E-state index is 12.6. The monoisotopic (exact) mass is 367 g/mol. The number of urea groups is 1. The number of amides is 2. The number of sulfone groups is 1. The van der Waals surface area contributed by atoms with Gasteiger partial charge in [0.25, 0.3) is 0 Å². The fourth-order valence-electron chi connectivity index (χ4n) is 2.54. The van der Waals surface area contributed by atoms with Crippen molar-refractivity contribution in [2.45, 2.75) is 9.79 Å². The number of rotatable bonds is 4. The molecule has 6 nitrogen and oxygen atoms in total. The Labute approximate surface area is 151 Å². The van der Waals surface area contributed by atoms with Gasteiger partial charge in [-0.2, -0.15) is 0 Å². The van der Waals surface area contributed by atoms with Crippen LogP contribution in [0.1, 0.15) is 0 Å². The number of nitrogen functional groups attached to an aromatic ring is 1. The zero-order valence-electron chi connectivity index (χ0n) is 13.7. The van der Waals surface area contributed by atoms with Gasteiger partial charge < -0.3 is 11.5 Å². The van der Waals surface area contributed by atoms with Crippen molar-refractivity contribution in [2.24, 2.45) is 5.73 Å². The summed E-state index contributed by atoms with van der Waals surface area (Å²) in [6, 6.07) is 20.1. The molecule has 0 radical (unpaired) electrons. The molecule has 0 fully saturated rings. The van der Waals surface area contributed by atoms with Crippen LogP contribution in [0.4, 0.5) is 21.9 Å². The van der Waals surface area contributed by atoms with Gasteiger partial charge in [0.1, 0.15) is 0 Å². The Bertz CT molecular complexity index is 1020. The van der Waals surface area contributed by atoms with Crippen molar-refractivity contribution in [3.8, 4) is 0 Å². The van der Waals surface area contributed by atoms with Gasteiger partial charge in [-0.3, -0.25) is 4.90 Å². The number of nitrogens with zero attached hydrogens (tertiary/aromatic N) is 1. The van der Waals surface area contributed by atoms with Crippen LogP contribution in [0.15, 0.2) is 88.7 Å². The maximum Gasteiger partial charge on any atom is 0.323 e. The van der Waals surface area contributed by atoms with Crippen molar-refractivity contribution in [3.63, 3.8) is 0 Å². The first-order chi connectivity index (χ1) is 12.4. The average Bonchev–Trinajstić information content (AvgIpc) is 2.64. The highest BCUT2D eigenvalue weighted by atomic mass is 32.2. The fraction of sp³-hybridized carbons (Fsp3) is 0. The minimum atomic E-state index is -3.62. The van der Waals surface area contributed by atoms with Crippen LogP contribution in [-0.2, 0) is 9.84 Å². The number of benzene rings is 3. The molecule has 0 spiro atoms. The number of hydrogen-bond acceptors (Lipinski definition) is 4. The lowest BCUT2D eigenvalue weighted by Gasteiger charge is -2.21. The Hall–Kier alpha value is -3.32. The number of carbonyl (C=O) groups is 1. The number of anilines is 3. The van der Waals surface area contributed by atoms with Crippen LogP contribution in [0.25, 0.3) is 0 Å². The van der Waals surface area contributed by atoms with Gasteiger partial charge in [0, 0.05) is 5.69 Å². The molecule has 0 aromatic heterocycles. The SMILES string of the molecule is NC(=O)N(c1ccc(N)cc1)c1ccc(S(=O)(=O)c2ccccc2)cc1. The van der Waals surface area contributed by atoms with Crippen LogP contribution in [-0.4, -0.2) is 14.4 Å². The Balaban J connectivity index is 1.98. The van der Waals surface area contributed by atoms with Crippen LogP contribution in [0.5, 0.6) is 0 Å². The summed E-state index contributed by atoms with van der Waals surface area (Å²) in [5, 5.41) is 0. The molecule has 3 aromatic carbocycles. The second-order valence-corrected chi connectivity index (χ2v) is 7.53. The molecule has 0 aliphatic rings. The van der Waals surface area contributed by atoms with E-state index in [1.807, 2.05) is 0 Å². The highest BCUT2D eigenvalue weighted by molar-refractivity contribution is 7.91.